The molecule has 32 heavy (non-hydrogen) atoms. The number of halogens is 1. The van der Waals surface area contributed by atoms with Crippen molar-refractivity contribution in [1.82, 2.24) is 15.5 Å². The van der Waals surface area contributed by atoms with Gasteiger partial charge in [-0.2, -0.15) is 0 Å². The summed E-state index contributed by atoms with van der Waals surface area (Å²) in [7, 11) is 1.65. The zero-order chi connectivity index (χ0) is 22.3. The highest BCUT2D eigenvalue weighted by Crippen LogP contribution is 2.24. The van der Waals surface area contributed by atoms with Crippen LogP contribution in [0.1, 0.15) is 18.4 Å². The Balaban J connectivity index is 1.31. The summed E-state index contributed by atoms with van der Waals surface area (Å²) in [5, 5.41) is 12.6. The Bertz CT molecular complexity index is 1020. The van der Waals surface area contributed by atoms with Crippen LogP contribution in [0.25, 0.3) is 11.3 Å². The van der Waals surface area contributed by atoms with Crippen molar-refractivity contribution in [2.45, 2.75) is 19.3 Å². The van der Waals surface area contributed by atoms with Gasteiger partial charge in [-0.15, -0.1) is 10.2 Å². The van der Waals surface area contributed by atoms with Gasteiger partial charge < -0.3 is 15.0 Å². The van der Waals surface area contributed by atoms with E-state index >= 15 is 0 Å². The second kappa shape index (κ2) is 10.5. The second-order valence-corrected chi connectivity index (χ2v) is 8.39. The van der Waals surface area contributed by atoms with Crippen LogP contribution in [-0.4, -0.2) is 42.8 Å². The number of carbonyl (C=O) groups excluding carboxylic acids is 1. The lowest BCUT2D eigenvalue weighted by atomic mass is 9.97. The van der Waals surface area contributed by atoms with Crippen LogP contribution >= 0.6 is 11.6 Å². The van der Waals surface area contributed by atoms with Gasteiger partial charge in [0, 0.05) is 30.2 Å². The molecule has 0 bridgehead atoms. The van der Waals surface area contributed by atoms with Crippen LogP contribution in [0.5, 0.6) is 5.75 Å². The first kappa shape index (κ1) is 22.1. The molecule has 1 fully saturated rings. The van der Waals surface area contributed by atoms with Gasteiger partial charge in [0.25, 0.3) is 0 Å². The molecule has 1 unspecified atom stereocenters. The third kappa shape index (κ3) is 5.56. The van der Waals surface area contributed by atoms with Crippen LogP contribution in [0.15, 0.2) is 60.7 Å². The molecule has 4 rings (SSSR count). The number of piperidine rings is 1. The van der Waals surface area contributed by atoms with Gasteiger partial charge in [0.15, 0.2) is 5.82 Å². The predicted molar refractivity (Wildman–Crippen MR) is 127 cm³/mol. The number of rotatable bonds is 7. The Hall–Kier alpha value is -3.12. The van der Waals surface area contributed by atoms with Gasteiger partial charge in [-0.25, -0.2) is 0 Å². The number of carbonyl (C=O) groups is 1. The Morgan fingerprint density at radius 3 is 2.56 bits per heavy atom. The Labute approximate surface area is 193 Å². The van der Waals surface area contributed by atoms with Gasteiger partial charge in [-0.1, -0.05) is 23.7 Å². The highest BCUT2D eigenvalue weighted by molar-refractivity contribution is 6.30. The van der Waals surface area contributed by atoms with Crippen LogP contribution in [0, 0.1) is 5.92 Å². The highest BCUT2D eigenvalue weighted by atomic mass is 35.5. The number of hydrogen-bond acceptors (Lipinski definition) is 5. The van der Waals surface area contributed by atoms with Crippen LogP contribution < -0.4 is 15.0 Å². The molecule has 7 heteroatoms. The summed E-state index contributed by atoms with van der Waals surface area (Å²) >= 11 is 5.92. The van der Waals surface area contributed by atoms with Gasteiger partial charge >= 0.3 is 0 Å². The van der Waals surface area contributed by atoms with E-state index < -0.39 is 0 Å². The fourth-order valence-corrected chi connectivity index (χ4v) is 4.06. The molecule has 1 aromatic heterocycles. The number of nitrogens with one attached hydrogen (secondary N) is 1. The fourth-order valence-electron chi connectivity index (χ4n) is 3.93. The summed E-state index contributed by atoms with van der Waals surface area (Å²) in [4.78, 5) is 14.9. The number of nitrogens with zero attached hydrogens (tertiary/aromatic N) is 3. The van der Waals surface area contributed by atoms with Crippen LogP contribution in [0.2, 0.25) is 5.02 Å². The molecule has 0 spiro atoms. The van der Waals surface area contributed by atoms with Gasteiger partial charge in [0.05, 0.1) is 18.7 Å². The number of ether oxygens (including phenoxy) is 1. The average Bonchev–Trinajstić information content (AvgIpc) is 2.85. The number of hydrogen-bond donors (Lipinski definition) is 1. The Morgan fingerprint density at radius 2 is 1.88 bits per heavy atom. The molecule has 166 valence electrons. The molecule has 1 N–H and O–H groups in total. The van der Waals surface area contributed by atoms with E-state index in [0.29, 0.717) is 13.1 Å². The zero-order valence-corrected chi connectivity index (χ0v) is 18.9. The van der Waals surface area contributed by atoms with E-state index in [-0.39, 0.29) is 11.8 Å². The molecule has 2 aromatic carbocycles. The first-order chi connectivity index (χ1) is 15.6. The molecule has 0 aliphatic carbocycles. The van der Waals surface area contributed by atoms with E-state index in [0.717, 1.165) is 59.2 Å². The third-order valence-corrected chi connectivity index (χ3v) is 6.03. The van der Waals surface area contributed by atoms with Crippen molar-refractivity contribution in [3.8, 4) is 17.0 Å². The minimum absolute atomic E-state index is 0.0444. The summed E-state index contributed by atoms with van der Waals surface area (Å²) < 4.78 is 5.20. The standard InChI is InChI=1S/C25H27ClN4O2/c1-32-22-10-6-19(7-11-22)23-12-13-24(29-28-23)30-16-2-3-20(17-30)25(31)27-15-14-18-4-8-21(26)9-5-18/h4-13,20H,2-3,14-17H2,1H3,(H,27,31). The van der Waals surface area contributed by atoms with Crippen LogP contribution in [0.3, 0.4) is 0 Å². The van der Waals surface area contributed by atoms with E-state index in [1.165, 1.54) is 0 Å². The van der Waals surface area contributed by atoms with E-state index in [2.05, 4.69) is 20.4 Å². The Morgan fingerprint density at radius 1 is 1.09 bits per heavy atom. The van der Waals surface area contributed by atoms with Crippen molar-refractivity contribution in [3.05, 3.63) is 71.2 Å². The minimum atomic E-state index is -0.0444. The maximum Gasteiger partial charge on any atom is 0.224 e. The lowest BCUT2D eigenvalue weighted by molar-refractivity contribution is -0.125. The van der Waals surface area contributed by atoms with E-state index in [1.54, 1.807) is 7.11 Å². The van der Waals surface area contributed by atoms with Gasteiger partial charge in [0.1, 0.15) is 5.75 Å². The van der Waals surface area contributed by atoms with Crippen LogP contribution in [-0.2, 0) is 11.2 Å². The third-order valence-electron chi connectivity index (χ3n) is 5.78. The lowest BCUT2D eigenvalue weighted by Gasteiger charge is -2.32. The Kier molecular flexibility index (Phi) is 7.22. The predicted octanol–water partition coefficient (Wildman–Crippen LogP) is 4.38. The SMILES string of the molecule is COc1ccc(-c2ccc(N3CCCC(C(=O)NCCc4ccc(Cl)cc4)C3)nn2)cc1. The molecule has 1 atom stereocenters. The smallest absolute Gasteiger partial charge is 0.224 e. The lowest BCUT2D eigenvalue weighted by Crippen LogP contribution is -2.43. The zero-order valence-electron chi connectivity index (χ0n) is 18.1. The molecule has 1 amide bonds. The fraction of sp³-hybridized carbons (Fsp3) is 0.320. The summed E-state index contributed by atoms with van der Waals surface area (Å²) in [6.07, 6.45) is 2.63. The second-order valence-electron chi connectivity index (χ2n) is 7.96. The van der Waals surface area contributed by atoms with Crippen molar-refractivity contribution < 1.29 is 9.53 Å². The summed E-state index contributed by atoms with van der Waals surface area (Å²) in [5.74, 6) is 1.67. The number of amides is 1. The molecule has 6 nitrogen and oxygen atoms in total. The van der Waals surface area contributed by atoms with Gasteiger partial charge in [-0.05, 0) is 73.4 Å². The van der Waals surface area contributed by atoms with E-state index in [1.807, 2.05) is 60.7 Å². The normalized spacial score (nSPS) is 15.9. The number of aromatic nitrogens is 2. The molecule has 2 heterocycles. The number of anilines is 1. The summed E-state index contributed by atoms with van der Waals surface area (Å²) in [6.45, 7) is 2.15. The molecular formula is C25H27ClN4O2. The first-order valence-corrected chi connectivity index (χ1v) is 11.3. The van der Waals surface area contributed by atoms with Crippen LogP contribution in [0.4, 0.5) is 5.82 Å². The first-order valence-electron chi connectivity index (χ1n) is 10.9. The minimum Gasteiger partial charge on any atom is -0.497 e. The quantitative estimate of drug-likeness (QED) is 0.578. The molecule has 1 aliphatic rings. The van der Waals surface area contributed by atoms with Crippen molar-refractivity contribution in [2.75, 3.05) is 31.6 Å². The summed E-state index contributed by atoms with van der Waals surface area (Å²) in [6, 6.07) is 19.4. The molecular weight excluding hydrogens is 424 g/mol. The van der Waals surface area contributed by atoms with Crippen molar-refractivity contribution >= 4 is 23.3 Å². The topological polar surface area (TPSA) is 67.3 Å². The monoisotopic (exact) mass is 450 g/mol. The highest BCUT2D eigenvalue weighted by Gasteiger charge is 2.26. The molecule has 0 radical (unpaired) electrons. The van der Waals surface area contributed by atoms with E-state index in [4.69, 9.17) is 16.3 Å². The maximum atomic E-state index is 12.7. The van der Waals surface area contributed by atoms with Crippen molar-refractivity contribution in [1.29, 1.82) is 0 Å². The average molecular weight is 451 g/mol. The van der Waals surface area contributed by atoms with Crippen molar-refractivity contribution in [3.63, 3.8) is 0 Å². The van der Waals surface area contributed by atoms with E-state index in [9.17, 15) is 4.79 Å². The largest absolute Gasteiger partial charge is 0.497 e. The number of benzene rings is 2. The molecule has 1 aliphatic heterocycles. The maximum absolute atomic E-state index is 12.7. The van der Waals surface area contributed by atoms with Crippen molar-refractivity contribution in [2.24, 2.45) is 5.92 Å². The molecule has 3 aromatic rings. The molecule has 0 saturated carbocycles. The molecule has 1 saturated heterocycles. The van der Waals surface area contributed by atoms with Gasteiger partial charge in [0.2, 0.25) is 5.91 Å². The van der Waals surface area contributed by atoms with Gasteiger partial charge in [-0.3, -0.25) is 4.79 Å². The summed E-state index contributed by atoms with van der Waals surface area (Å²) in [5.41, 5.74) is 2.96. The number of methoxy groups -OCH3 is 1.